The smallest absolute Gasteiger partial charge is 0.323 e. The summed E-state index contributed by atoms with van der Waals surface area (Å²) in [5, 5.41) is 8.16. The summed E-state index contributed by atoms with van der Waals surface area (Å²) in [6.45, 7) is -1.52. The van der Waals surface area contributed by atoms with Crippen LogP contribution in [0.15, 0.2) is 0 Å². The third-order valence-electron chi connectivity index (χ3n) is 1.92. The number of nitriles is 1. The molecule has 0 rings (SSSR count). The molecule has 0 saturated carbocycles. The maximum absolute atomic E-state index is 13.0. The van der Waals surface area contributed by atoms with E-state index in [-0.39, 0.29) is 0 Å². The highest BCUT2D eigenvalue weighted by Crippen LogP contribution is 2.48. The fraction of sp³-hybridized carbons (Fsp3) is 0.714. The van der Waals surface area contributed by atoms with Crippen molar-refractivity contribution in [2.75, 3.05) is 12.8 Å². The first-order valence-corrected chi connectivity index (χ1v) is 6.41. The molecule has 0 aromatic rings. The molecule has 0 unspecified atom stereocenters. The topological polar surface area (TPSA) is 102 Å². The minimum Gasteiger partial charge on any atom is -0.323 e. The van der Waals surface area contributed by atoms with Crippen LogP contribution >= 0.6 is 7.60 Å². The molecular formula is C7H6F7N2O4P. The van der Waals surface area contributed by atoms with E-state index < -0.39 is 49.3 Å². The van der Waals surface area contributed by atoms with Gasteiger partial charge in [-0.15, -0.1) is 0 Å². The van der Waals surface area contributed by atoms with E-state index in [1.165, 1.54) is 0 Å². The lowest BCUT2D eigenvalue weighted by molar-refractivity contribution is -0.345. The van der Waals surface area contributed by atoms with E-state index in [4.69, 9.17) is 15.0 Å². The van der Waals surface area contributed by atoms with E-state index in [2.05, 4.69) is 0 Å². The van der Waals surface area contributed by atoms with Crippen molar-refractivity contribution in [1.82, 2.24) is 4.90 Å². The second-order valence-electron chi connectivity index (χ2n) is 3.61. The first-order chi connectivity index (χ1) is 9.08. The van der Waals surface area contributed by atoms with Gasteiger partial charge in [-0.1, -0.05) is 0 Å². The lowest BCUT2D eigenvalue weighted by atomic mass is 10.1. The van der Waals surface area contributed by atoms with Crippen LogP contribution in [0.5, 0.6) is 0 Å². The zero-order chi connectivity index (χ0) is 17.3. The van der Waals surface area contributed by atoms with Gasteiger partial charge >= 0.3 is 31.5 Å². The van der Waals surface area contributed by atoms with Gasteiger partial charge in [-0.25, -0.2) is 0 Å². The average molecular weight is 346 g/mol. The van der Waals surface area contributed by atoms with Crippen molar-refractivity contribution >= 4 is 13.5 Å². The van der Waals surface area contributed by atoms with Crippen molar-refractivity contribution in [3.8, 4) is 6.07 Å². The van der Waals surface area contributed by atoms with Gasteiger partial charge in [-0.2, -0.15) is 36.0 Å². The molecule has 0 aliphatic carbocycles. The molecule has 0 bridgehead atoms. The number of halogens is 7. The molecular weight excluding hydrogens is 340 g/mol. The molecule has 0 aromatic heterocycles. The fourth-order valence-corrected chi connectivity index (χ4v) is 1.68. The molecule has 0 aliphatic rings. The molecule has 0 aliphatic heterocycles. The summed E-state index contributed by atoms with van der Waals surface area (Å²) < 4.78 is 97.3. The predicted octanol–water partition coefficient (Wildman–Crippen LogP) is 1.31. The second kappa shape index (κ2) is 5.78. The standard InChI is InChI=1S/C7H6F7N2O4P/c8-5(9,6(10,11)7(12,13)14)4(17)16(2-1-15)3-21(18,19)20/h2-3H2,(H2,18,19,20). The maximum Gasteiger partial charge on any atom is 0.460 e. The lowest BCUT2D eigenvalue weighted by Crippen LogP contribution is -2.60. The summed E-state index contributed by atoms with van der Waals surface area (Å²) >= 11 is 0. The van der Waals surface area contributed by atoms with Crippen LogP contribution in [0.1, 0.15) is 0 Å². The Kier molecular flexibility index (Phi) is 5.40. The van der Waals surface area contributed by atoms with Crippen molar-refractivity contribution in [3.05, 3.63) is 0 Å². The molecule has 122 valence electrons. The number of amides is 1. The maximum atomic E-state index is 13.0. The highest BCUT2D eigenvalue weighted by molar-refractivity contribution is 7.51. The SMILES string of the molecule is N#CCN(CP(=O)(O)O)C(=O)C(F)(F)C(F)(F)C(F)(F)F. The Bertz CT molecular complexity index is 494. The zero-order valence-electron chi connectivity index (χ0n) is 9.61. The molecule has 0 heterocycles. The summed E-state index contributed by atoms with van der Waals surface area (Å²) in [4.78, 5) is 27.1. The quantitative estimate of drug-likeness (QED) is 0.444. The molecule has 0 fully saturated rings. The monoisotopic (exact) mass is 346 g/mol. The predicted molar refractivity (Wildman–Crippen MR) is 50.2 cm³/mol. The Morgan fingerprint density at radius 1 is 1.14 bits per heavy atom. The van der Waals surface area contributed by atoms with Gasteiger partial charge < -0.3 is 14.7 Å². The van der Waals surface area contributed by atoms with Crippen molar-refractivity contribution in [1.29, 1.82) is 5.26 Å². The molecule has 14 heteroatoms. The van der Waals surface area contributed by atoms with Crippen LogP contribution in [0.4, 0.5) is 30.7 Å². The Morgan fingerprint density at radius 3 is 1.86 bits per heavy atom. The fourth-order valence-electron chi connectivity index (χ4n) is 1.00. The first kappa shape index (κ1) is 19.6. The Labute approximate surface area is 111 Å². The molecule has 21 heavy (non-hydrogen) atoms. The molecule has 0 atom stereocenters. The molecule has 0 aromatic carbocycles. The highest BCUT2D eigenvalue weighted by Gasteiger charge is 2.77. The van der Waals surface area contributed by atoms with E-state index in [0.29, 0.717) is 0 Å². The summed E-state index contributed by atoms with van der Waals surface area (Å²) in [7, 11) is -5.27. The molecule has 6 nitrogen and oxygen atoms in total. The molecule has 1 amide bonds. The normalized spacial score (nSPS) is 13.7. The largest absolute Gasteiger partial charge is 0.460 e. The number of carbonyl (C=O) groups is 1. The highest BCUT2D eigenvalue weighted by atomic mass is 31.2. The van der Waals surface area contributed by atoms with Gasteiger partial charge in [0, 0.05) is 0 Å². The minimum atomic E-state index is -6.79. The number of rotatable bonds is 5. The number of hydrogen-bond donors (Lipinski definition) is 2. The minimum absolute atomic E-state index is 0.777. The van der Waals surface area contributed by atoms with Crippen LogP contribution in [-0.4, -0.2) is 51.4 Å². The molecule has 0 radical (unpaired) electrons. The second-order valence-corrected chi connectivity index (χ2v) is 5.23. The van der Waals surface area contributed by atoms with Gasteiger partial charge in [0.05, 0.1) is 6.07 Å². The van der Waals surface area contributed by atoms with Crippen LogP contribution in [0, 0.1) is 11.3 Å². The van der Waals surface area contributed by atoms with E-state index in [1.54, 1.807) is 0 Å². The number of hydrogen-bond acceptors (Lipinski definition) is 3. The molecule has 2 N–H and O–H groups in total. The van der Waals surface area contributed by atoms with Crippen molar-refractivity contribution < 1.29 is 49.9 Å². The summed E-state index contributed by atoms with van der Waals surface area (Å²) in [5.74, 6) is -16.3. The third-order valence-corrected chi connectivity index (χ3v) is 2.63. The number of alkyl halides is 7. The molecule has 0 saturated heterocycles. The van der Waals surface area contributed by atoms with Crippen LogP contribution in [-0.2, 0) is 9.36 Å². The average Bonchev–Trinajstić information content (AvgIpc) is 2.23. The van der Waals surface area contributed by atoms with Gasteiger partial charge in [0.15, 0.2) is 0 Å². The van der Waals surface area contributed by atoms with Gasteiger partial charge in [0.1, 0.15) is 12.8 Å². The zero-order valence-corrected chi connectivity index (χ0v) is 10.5. The van der Waals surface area contributed by atoms with Gasteiger partial charge in [0.2, 0.25) is 0 Å². The van der Waals surface area contributed by atoms with Crippen molar-refractivity contribution in [2.24, 2.45) is 0 Å². The van der Waals surface area contributed by atoms with E-state index in [1.807, 2.05) is 0 Å². The van der Waals surface area contributed by atoms with Crippen LogP contribution in [0.3, 0.4) is 0 Å². The van der Waals surface area contributed by atoms with Crippen molar-refractivity contribution in [2.45, 2.75) is 18.0 Å². The first-order valence-electron chi connectivity index (χ1n) is 4.61. The van der Waals surface area contributed by atoms with Gasteiger partial charge in [-0.3, -0.25) is 9.36 Å². The summed E-state index contributed by atoms with van der Waals surface area (Å²) in [5.41, 5.74) is 0. The van der Waals surface area contributed by atoms with E-state index in [9.17, 15) is 40.1 Å². The van der Waals surface area contributed by atoms with Gasteiger partial charge in [-0.05, 0) is 0 Å². The van der Waals surface area contributed by atoms with Crippen molar-refractivity contribution in [3.63, 3.8) is 0 Å². The van der Waals surface area contributed by atoms with Crippen LogP contribution in [0.2, 0.25) is 0 Å². The Balaban J connectivity index is 5.63. The van der Waals surface area contributed by atoms with Crippen LogP contribution < -0.4 is 0 Å². The Morgan fingerprint density at radius 2 is 1.57 bits per heavy atom. The summed E-state index contributed by atoms with van der Waals surface area (Å²) in [6.07, 6.45) is -8.70. The van der Waals surface area contributed by atoms with Crippen LogP contribution in [0.25, 0.3) is 0 Å². The number of nitrogens with zero attached hydrogens (tertiary/aromatic N) is 2. The third kappa shape index (κ3) is 4.29. The number of carbonyl (C=O) groups excluding carboxylic acids is 1. The molecule has 0 spiro atoms. The Hall–Kier alpha value is -1.38. The van der Waals surface area contributed by atoms with Gasteiger partial charge in [0.25, 0.3) is 0 Å². The summed E-state index contributed by atoms with van der Waals surface area (Å²) in [6, 6.07) is 0.936. The van der Waals surface area contributed by atoms with E-state index in [0.717, 1.165) is 6.07 Å². The lowest BCUT2D eigenvalue weighted by Gasteiger charge is -2.30. The van der Waals surface area contributed by atoms with E-state index >= 15 is 0 Å².